The normalized spacial score (nSPS) is 16.7. The van der Waals surface area contributed by atoms with Gasteiger partial charge in [0.2, 0.25) is 5.91 Å². The molecule has 1 aromatic heterocycles. The van der Waals surface area contributed by atoms with Gasteiger partial charge in [-0.05, 0) is 42.8 Å². The largest absolute Gasteiger partial charge is 0.508 e. The molecule has 5 nitrogen and oxygen atoms in total. The number of phenols is 1. The molecule has 0 radical (unpaired) electrons. The zero-order chi connectivity index (χ0) is 18.3. The highest BCUT2D eigenvalue weighted by atomic mass is 35.5. The molecule has 3 aromatic rings. The van der Waals surface area contributed by atoms with Gasteiger partial charge in [-0.2, -0.15) is 5.10 Å². The zero-order valence-corrected chi connectivity index (χ0v) is 15.5. The number of aromatic nitrogens is 2. The highest BCUT2D eigenvalue weighted by Crippen LogP contribution is 2.44. The maximum absolute atomic E-state index is 12.3. The van der Waals surface area contributed by atoms with Crippen LogP contribution in [-0.2, 0) is 4.79 Å². The summed E-state index contributed by atoms with van der Waals surface area (Å²) in [5, 5.41) is 17.8. The van der Waals surface area contributed by atoms with Crippen molar-refractivity contribution in [2.45, 2.75) is 12.2 Å². The number of anilines is 1. The summed E-state index contributed by atoms with van der Waals surface area (Å²) in [6.45, 7) is 1.94. The van der Waals surface area contributed by atoms with Crippen molar-refractivity contribution in [2.24, 2.45) is 0 Å². The molecule has 0 bridgehead atoms. The summed E-state index contributed by atoms with van der Waals surface area (Å²) in [5.41, 5.74) is 3.61. The third kappa shape index (κ3) is 3.06. The number of fused-ring (bicyclic) bond motifs is 1. The van der Waals surface area contributed by atoms with Gasteiger partial charge in [0, 0.05) is 10.6 Å². The summed E-state index contributed by atoms with van der Waals surface area (Å²) in [4.78, 5) is 12.3. The average Bonchev–Trinajstić information content (AvgIpc) is 2.82. The Hall–Kier alpha value is -2.44. The number of phenolic OH excluding ortho intramolecular Hbond substituents is 1. The van der Waals surface area contributed by atoms with Gasteiger partial charge in [-0.3, -0.25) is 4.79 Å². The average molecular weight is 386 g/mol. The van der Waals surface area contributed by atoms with Crippen molar-refractivity contribution < 1.29 is 9.90 Å². The smallest absolute Gasteiger partial charge is 0.235 e. The molecule has 1 amide bonds. The Morgan fingerprint density at radius 3 is 2.77 bits per heavy atom. The third-order valence-corrected chi connectivity index (χ3v) is 5.76. The van der Waals surface area contributed by atoms with Crippen LogP contribution in [0.4, 0.5) is 5.82 Å². The summed E-state index contributed by atoms with van der Waals surface area (Å²) < 4.78 is 1.73. The number of benzene rings is 2. The molecule has 0 fully saturated rings. The fraction of sp³-hybridized carbons (Fsp3) is 0.158. The Labute approximate surface area is 160 Å². The fourth-order valence-corrected chi connectivity index (χ4v) is 4.46. The number of aromatic hydroxyl groups is 1. The molecule has 1 aliphatic heterocycles. The fourth-order valence-electron chi connectivity index (χ4n) is 3.09. The van der Waals surface area contributed by atoms with Crippen molar-refractivity contribution in [3.63, 3.8) is 0 Å². The Morgan fingerprint density at radius 1 is 1.27 bits per heavy atom. The molecular formula is C19H16ClN3O2S. The van der Waals surface area contributed by atoms with E-state index < -0.39 is 0 Å². The van der Waals surface area contributed by atoms with E-state index in [4.69, 9.17) is 11.6 Å². The number of carbonyl (C=O) groups is 1. The maximum Gasteiger partial charge on any atom is 0.235 e. The molecule has 2 N–H and O–H groups in total. The van der Waals surface area contributed by atoms with Crippen LogP contribution in [0.25, 0.3) is 5.69 Å². The van der Waals surface area contributed by atoms with Gasteiger partial charge in [0.15, 0.2) is 0 Å². The van der Waals surface area contributed by atoms with Crippen molar-refractivity contribution in [3.05, 3.63) is 70.4 Å². The van der Waals surface area contributed by atoms with Crippen molar-refractivity contribution in [1.82, 2.24) is 9.78 Å². The molecule has 26 heavy (non-hydrogen) atoms. The van der Waals surface area contributed by atoms with Crippen LogP contribution in [0, 0.1) is 6.92 Å². The lowest BCUT2D eigenvalue weighted by molar-refractivity contribution is -0.113. The van der Waals surface area contributed by atoms with E-state index in [-0.39, 0.29) is 16.9 Å². The molecule has 132 valence electrons. The Balaban J connectivity index is 1.89. The highest BCUT2D eigenvalue weighted by molar-refractivity contribution is 8.00. The number of amides is 1. The molecule has 0 saturated carbocycles. The van der Waals surface area contributed by atoms with E-state index in [1.165, 1.54) is 0 Å². The van der Waals surface area contributed by atoms with Crippen LogP contribution in [0.15, 0.2) is 48.5 Å². The first-order valence-electron chi connectivity index (χ1n) is 8.09. The first-order chi connectivity index (χ1) is 12.5. The van der Waals surface area contributed by atoms with Gasteiger partial charge in [-0.1, -0.05) is 29.8 Å². The molecule has 4 rings (SSSR count). The summed E-state index contributed by atoms with van der Waals surface area (Å²) >= 11 is 7.68. The molecule has 0 aliphatic carbocycles. The molecule has 2 aromatic carbocycles. The summed E-state index contributed by atoms with van der Waals surface area (Å²) in [6.07, 6.45) is 0. The minimum atomic E-state index is -0.0688. The number of thioether (sulfide) groups is 1. The maximum atomic E-state index is 12.3. The second kappa shape index (κ2) is 6.70. The van der Waals surface area contributed by atoms with E-state index >= 15 is 0 Å². The number of carbonyl (C=O) groups excluding carboxylic acids is 1. The van der Waals surface area contributed by atoms with Gasteiger partial charge >= 0.3 is 0 Å². The van der Waals surface area contributed by atoms with E-state index in [2.05, 4.69) is 10.4 Å². The van der Waals surface area contributed by atoms with Crippen LogP contribution in [0.2, 0.25) is 5.02 Å². The van der Waals surface area contributed by atoms with E-state index in [0.29, 0.717) is 16.6 Å². The Bertz CT molecular complexity index is 985. The molecule has 0 unspecified atom stereocenters. The van der Waals surface area contributed by atoms with E-state index in [1.54, 1.807) is 34.6 Å². The number of nitrogens with zero attached hydrogens (tertiary/aromatic N) is 2. The molecule has 0 spiro atoms. The highest BCUT2D eigenvalue weighted by Gasteiger charge is 2.30. The van der Waals surface area contributed by atoms with E-state index in [9.17, 15) is 9.90 Å². The van der Waals surface area contributed by atoms with Crippen LogP contribution in [0.1, 0.15) is 22.1 Å². The molecule has 1 atom stereocenters. The molecule has 2 heterocycles. The molecular weight excluding hydrogens is 370 g/mol. The lowest BCUT2D eigenvalue weighted by Gasteiger charge is -2.15. The van der Waals surface area contributed by atoms with Gasteiger partial charge < -0.3 is 10.4 Å². The summed E-state index contributed by atoms with van der Waals surface area (Å²) in [7, 11) is 0. The predicted molar refractivity (Wildman–Crippen MR) is 104 cm³/mol. The van der Waals surface area contributed by atoms with Crippen LogP contribution in [-0.4, -0.2) is 26.5 Å². The van der Waals surface area contributed by atoms with Gasteiger partial charge in [0.25, 0.3) is 0 Å². The van der Waals surface area contributed by atoms with Crippen molar-refractivity contribution in [2.75, 3.05) is 11.1 Å². The van der Waals surface area contributed by atoms with Crippen LogP contribution >= 0.6 is 23.4 Å². The number of aryl methyl sites for hydroxylation is 1. The van der Waals surface area contributed by atoms with E-state index in [1.807, 2.05) is 37.3 Å². The van der Waals surface area contributed by atoms with Gasteiger partial charge in [0.05, 0.1) is 22.4 Å². The number of halogens is 1. The van der Waals surface area contributed by atoms with Crippen molar-refractivity contribution in [1.29, 1.82) is 0 Å². The topological polar surface area (TPSA) is 67.1 Å². The first-order valence-corrected chi connectivity index (χ1v) is 9.51. The van der Waals surface area contributed by atoms with Crippen molar-refractivity contribution in [3.8, 4) is 11.4 Å². The number of hydrogen-bond acceptors (Lipinski definition) is 4. The van der Waals surface area contributed by atoms with Crippen molar-refractivity contribution >= 4 is 35.1 Å². The van der Waals surface area contributed by atoms with Gasteiger partial charge in [0.1, 0.15) is 11.6 Å². The first kappa shape index (κ1) is 17.0. The van der Waals surface area contributed by atoms with E-state index in [0.717, 1.165) is 22.5 Å². The lowest BCUT2D eigenvalue weighted by atomic mass is 10.0. The second-order valence-electron chi connectivity index (χ2n) is 6.07. The lowest BCUT2D eigenvalue weighted by Crippen LogP contribution is -2.15. The third-order valence-electron chi connectivity index (χ3n) is 4.26. The predicted octanol–water partition coefficient (Wildman–Crippen LogP) is 4.31. The summed E-state index contributed by atoms with van der Waals surface area (Å²) in [6, 6.07) is 14.4. The number of rotatable bonds is 2. The monoisotopic (exact) mass is 385 g/mol. The van der Waals surface area contributed by atoms with Crippen LogP contribution in [0.3, 0.4) is 0 Å². The quantitative estimate of drug-likeness (QED) is 0.689. The minimum Gasteiger partial charge on any atom is -0.508 e. The van der Waals surface area contributed by atoms with Crippen LogP contribution < -0.4 is 5.32 Å². The molecule has 0 saturated heterocycles. The summed E-state index contributed by atoms with van der Waals surface area (Å²) in [5.74, 6) is 1.15. The minimum absolute atomic E-state index is 0.0579. The standard InChI is InChI=1S/C19H16ClN3O2S/c1-11-17-18(12-5-7-15(24)8-6-12)26-10-16(25)21-19(17)23(22-11)14-4-2-3-13(20)9-14/h2-9,18,24H,10H2,1H3,(H,21,25)/t18-/m1/s1. The molecule has 7 heteroatoms. The Morgan fingerprint density at radius 2 is 2.04 bits per heavy atom. The number of nitrogens with one attached hydrogen (secondary N) is 1. The van der Waals surface area contributed by atoms with Gasteiger partial charge in [-0.15, -0.1) is 11.8 Å². The van der Waals surface area contributed by atoms with Gasteiger partial charge in [-0.25, -0.2) is 4.68 Å². The number of hydrogen-bond donors (Lipinski definition) is 2. The second-order valence-corrected chi connectivity index (χ2v) is 7.60. The molecule has 1 aliphatic rings. The van der Waals surface area contributed by atoms with Crippen LogP contribution in [0.5, 0.6) is 5.75 Å². The Kier molecular flexibility index (Phi) is 4.38. The zero-order valence-electron chi connectivity index (χ0n) is 13.9. The SMILES string of the molecule is Cc1nn(-c2cccc(Cl)c2)c2c1[C@@H](c1ccc(O)cc1)SCC(=O)N2.